The summed E-state index contributed by atoms with van der Waals surface area (Å²) in [5.74, 6) is 0.208. The second-order valence-electron chi connectivity index (χ2n) is 5.17. The van der Waals surface area contributed by atoms with Gasteiger partial charge in [-0.2, -0.15) is 0 Å². The van der Waals surface area contributed by atoms with Crippen LogP contribution in [0.15, 0.2) is 0 Å². The predicted octanol–water partition coefficient (Wildman–Crippen LogP) is 2.12. The Kier molecular flexibility index (Phi) is 5.72. The van der Waals surface area contributed by atoms with E-state index >= 15 is 0 Å². The minimum Gasteiger partial charge on any atom is -0.396 e. The number of urea groups is 1. The van der Waals surface area contributed by atoms with Gasteiger partial charge in [0.05, 0.1) is 0 Å². The zero-order valence-corrected chi connectivity index (χ0v) is 12.7. The number of rotatable bonds is 6. The number of likely N-dealkylation sites (tertiary alicyclic amines) is 1. The molecule has 1 unspecified atom stereocenters. The van der Waals surface area contributed by atoms with Crippen molar-refractivity contribution in [3.8, 4) is 0 Å². The number of aliphatic hydroxyl groups is 1. The molecule has 1 aromatic rings. The van der Waals surface area contributed by atoms with Crippen molar-refractivity contribution in [2.24, 2.45) is 5.92 Å². The van der Waals surface area contributed by atoms with E-state index in [9.17, 15) is 4.79 Å². The van der Waals surface area contributed by atoms with Crippen LogP contribution in [0.2, 0.25) is 0 Å². The summed E-state index contributed by atoms with van der Waals surface area (Å²) in [5.41, 5.74) is 0. The molecule has 7 heteroatoms. The summed E-state index contributed by atoms with van der Waals surface area (Å²) < 4.78 is 0. The first kappa shape index (κ1) is 15.2. The first-order valence-electron chi connectivity index (χ1n) is 7.22. The molecule has 2 N–H and O–H groups in total. The van der Waals surface area contributed by atoms with Crippen LogP contribution in [0.1, 0.15) is 37.6 Å². The predicted molar refractivity (Wildman–Crippen MR) is 78.9 cm³/mol. The van der Waals surface area contributed by atoms with Gasteiger partial charge in [-0.15, -0.1) is 10.2 Å². The highest BCUT2D eigenvalue weighted by Crippen LogP contribution is 2.20. The van der Waals surface area contributed by atoms with E-state index in [4.69, 9.17) is 5.11 Å². The van der Waals surface area contributed by atoms with Crippen LogP contribution in [0, 0.1) is 5.92 Å². The van der Waals surface area contributed by atoms with Crippen LogP contribution in [0.4, 0.5) is 9.93 Å². The second kappa shape index (κ2) is 7.54. The van der Waals surface area contributed by atoms with Crippen molar-refractivity contribution in [1.29, 1.82) is 0 Å². The summed E-state index contributed by atoms with van der Waals surface area (Å²) in [6.45, 7) is 3.62. The van der Waals surface area contributed by atoms with E-state index in [1.165, 1.54) is 24.2 Å². The summed E-state index contributed by atoms with van der Waals surface area (Å²) in [6, 6.07) is -0.141. The van der Waals surface area contributed by atoms with Crippen molar-refractivity contribution in [2.45, 2.75) is 39.0 Å². The van der Waals surface area contributed by atoms with Crippen molar-refractivity contribution in [3.63, 3.8) is 0 Å². The molecule has 0 aromatic carbocycles. The Morgan fingerprint density at radius 3 is 3.05 bits per heavy atom. The minimum atomic E-state index is -0.141. The Hall–Kier alpha value is -1.21. The highest BCUT2D eigenvalue weighted by Gasteiger charge is 2.26. The van der Waals surface area contributed by atoms with Gasteiger partial charge in [-0.05, 0) is 12.8 Å². The quantitative estimate of drug-likeness (QED) is 0.789. The van der Waals surface area contributed by atoms with Gasteiger partial charge < -0.3 is 10.0 Å². The average Bonchev–Trinajstić information content (AvgIpc) is 3.08. The molecule has 1 saturated heterocycles. The number of hydrogen-bond acceptors (Lipinski definition) is 5. The van der Waals surface area contributed by atoms with E-state index in [1.807, 2.05) is 0 Å². The van der Waals surface area contributed by atoms with Gasteiger partial charge >= 0.3 is 6.03 Å². The zero-order valence-electron chi connectivity index (χ0n) is 11.8. The number of hydrogen-bond donors (Lipinski definition) is 2. The smallest absolute Gasteiger partial charge is 0.323 e. The largest absolute Gasteiger partial charge is 0.396 e. The van der Waals surface area contributed by atoms with E-state index in [0.717, 1.165) is 24.3 Å². The maximum absolute atomic E-state index is 12.0. The Labute approximate surface area is 123 Å². The third kappa shape index (κ3) is 4.14. The van der Waals surface area contributed by atoms with Crippen LogP contribution in [0.3, 0.4) is 0 Å². The first-order chi connectivity index (χ1) is 9.72. The third-order valence-electron chi connectivity index (χ3n) is 3.51. The lowest BCUT2D eigenvalue weighted by Crippen LogP contribution is -2.33. The molecular formula is C13H22N4O2S. The van der Waals surface area contributed by atoms with E-state index in [0.29, 0.717) is 18.2 Å². The number of unbranched alkanes of at least 4 members (excludes halogenated alkanes) is 2. The van der Waals surface area contributed by atoms with Gasteiger partial charge in [0.2, 0.25) is 5.13 Å². The molecule has 1 aromatic heterocycles. The summed E-state index contributed by atoms with van der Waals surface area (Å²) in [6.07, 6.45) is 5.28. The van der Waals surface area contributed by atoms with E-state index in [1.54, 1.807) is 4.90 Å². The molecule has 2 rings (SSSR count). The van der Waals surface area contributed by atoms with Crippen molar-refractivity contribution in [3.05, 3.63) is 5.01 Å². The molecule has 0 aliphatic carbocycles. The molecule has 6 nitrogen and oxygen atoms in total. The maximum Gasteiger partial charge on any atom is 0.323 e. The van der Waals surface area contributed by atoms with Gasteiger partial charge in [0.1, 0.15) is 5.01 Å². The van der Waals surface area contributed by atoms with Gasteiger partial charge in [0, 0.05) is 32.0 Å². The monoisotopic (exact) mass is 298 g/mol. The van der Waals surface area contributed by atoms with Gasteiger partial charge in [0.25, 0.3) is 0 Å². The summed E-state index contributed by atoms with van der Waals surface area (Å²) >= 11 is 1.45. The molecular weight excluding hydrogens is 276 g/mol. The second-order valence-corrected chi connectivity index (χ2v) is 6.23. The fourth-order valence-corrected chi connectivity index (χ4v) is 3.04. The Morgan fingerprint density at radius 2 is 2.35 bits per heavy atom. The van der Waals surface area contributed by atoms with Gasteiger partial charge in [-0.3, -0.25) is 5.32 Å². The number of aryl methyl sites for hydroxylation is 1. The summed E-state index contributed by atoms with van der Waals surface area (Å²) in [5, 5.41) is 21.5. The lowest BCUT2D eigenvalue weighted by atomic mass is 10.1. The number of carbonyl (C=O) groups excluding carboxylic acids is 1. The SMILES string of the molecule is CCCCCc1nnc(NC(=O)N2CCC(CO)C2)s1. The molecule has 0 spiro atoms. The summed E-state index contributed by atoms with van der Waals surface area (Å²) in [4.78, 5) is 13.7. The number of nitrogens with zero attached hydrogens (tertiary/aromatic N) is 3. The first-order valence-corrected chi connectivity index (χ1v) is 8.03. The summed E-state index contributed by atoms with van der Waals surface area (Å²) in [7, 11) is 0. The van der Waals surface area contributed by atoms with Crippen molar-refractivity contribution in [1.82, 2.24) is 15.1 Å². The van der Waals surface area contributed by atoms with Crippen molar-refractivity contribution in [2.75, 3.05) is 25.0 Å². The highest BCUT2D eigenvalue weighted by atomic mass is 32.1. The van der Waals surface area contributed by atoms with Crippen LogP contribution in [0.5, 0.6) is 0 Å². The molecule has 20 heavy (non-hydrogen) atoms. The van der Waals surface area contributed by atoms with Crippen LogP contribution in [-0.2, 0) is 6.42 Å². The number of nitrogens with one attached hydrogen (secondary N) is 1. The van der Waals surface area contributed by atoms with Gasteiger partial charge in [-0.25, -0.2) is 4.79 Å². The zero-order chi connectivity index (χ0) is 14.4. The molecule has 0 radical (unpaired) electrons. The number of aromatic nitrogens is 2. The van der Waals surface area contributed by atoms with Crippen LogP contribution < -0.4 is 5.32 Å². The molecule has 2 amide bonds. The topological polar surface area (TPSA) is 78.4 Å². The van der Waals surface area contributed by atoms with Crippen LogP contribution in [0.25, 0.3) is 0 Å². The number of amides is 2. The average molecular weight is 298 g/mol. The van der Waals surface area contributed by atoms with Crippen molar-refractivity contribution < 1.29 is 9.90 Å². The molecule has 112 valence electrons. The standard InChI is InChI=1S/C13H22N4O2S/c1-2-3-4-5-11-15-16-12(20-11)14-13(19)17-7-6-10(8-17)9-18/h10,18H,2-9H2,1H3,(H,14,16,19). The Bertz CT molecular complexity index is 438. The van der Waals surface area contributed by atoms with Gasteiger partial charge in [0.15, 0.2) is 0 Å². The normalized spacial score (nSPS) is 18.5. The molecule has 1 aliphatic heterocycles. The highest BCUT2D eigenvalue weighted by molar-refractivity contribution is 7.15. The fourth-order valence-electron chi connectivity index (χ4n) is 2.27. The molecule has 1 atom stereocenters. The molecule has 0 saturated carbocycles. The number of anilines is 1. The van der Waals surface area contributed by atoms with Crippen molar-refractivity contribution >= 4 is 22.5 Å². The number of aliphatic hydroxyl groups excluding tert-OH is 1. The maximum atomic E-state index is 12.0. The Balaban J connectivity index is 1.79. The van der Waals surface area contributed by atoms with Gasteiger partial charge in [-0.1, -0.05) is 31.1 Å². The van der Waals surface area contributed by atoms with E-state index in [-0.39, 0.29) is 18.6 Å². The van der Waals surface area contributed by atoms with Crippen LogP contribution >= 0.6 is 11.3 Å². The third-order valence-corrected chi connectivity index (χ3v) is 4.40. The lowest BCUT2D eigenvalue weighted by Gasteiger charge is -2.15. The molecule has 0 bridgehead atoms. The van der Waals surface area contributed by atoms with Crippen LogP contribution in [-0.4, -0.2) is 45.9 Å². The molecule has 1 fully saturated rings. The molecule has 2 heterocycles. The Morgan fingerprint density at radius 1 is 1.50 bits per heavy atom. The number of carbonyl (C=O) groups is 1. The van der Waals surface area contributed by atoms with E-state index in [2.05, 4.69) is 22.4 Å². The fraction of sp³-hybridized carbons (Fsp3) is 0.769. The van der Waals surface area contributed by atoms with E-state index < -0.39 is 0 Å². The minimum absolute atomic E-state index is 0.141. The lowest BCUT2D eigenvalue weighted by molar-refractivity contribution is 0.208. The molecule has 1 aliphatic rings.